The van der Waals surface area contributed by atoms with Crippen molar-refractivity contribution in [2.45, 2.75) is 32.7 Å². The molecule has 4 heteroatoms. The van der Waals surface area contributed by atoms with Crippen molar-refractivity contribution in [3.05, 3.63) is 29.8 Å². The fraction of sp³-hybridized carbons (Fsp3) is 0.562. The van der Waals surface area contributed by atoms with Crippen LogP contribution in [0, 0.1) is 0 Å². The van der Waals surface area contributed by atoms with Gasteiger partial charge in [-0.3, -0.25) is 4.79 Å². The van der Waals surface area contributed by atoms with Crippen molar-refractivity contribution < 1.29 is 4.79 Å². The zero-order valence-electron chi connectivity index (χ0n) is 13.1. The Labute approximate surface area is 122 Å². The van der Waals surface area contributed by atoms with Crippen LogP contribution in [-0.2, 0) is 0 Å². The zero-order chi connectivity index (χ0) is 15.1. The Morgan fingerprint density at radius 1 is 1.25 bits per heavy atom. The van der Waals surface area contributed by atoms with Crippen LogP contribution >= 0.6 is 0 Å². The number of carbonyl (C=O) groups is 1. The van der Waals surface area contributed by atoms with Crippen LogP contribution in [0.3, 0.4) is 0 Å². The molecule has 1 rings (SSSR count). The normalized spacial score (nSPS) is 10.7. The predicted molar refractivity (Wildman–Crippen MR) is 85.2 cm³/mol. The molecule has 4 nitrogen and oxygen atoms in total. The lowest BCUT2D eigenvalue weighted by atomic mass is 10.1. The van der Waals surface area contributed by atoms with Crippen LogP contribution in [0.25, 0.3) is 0 Å². The lowest BCUT2D eigenvalue weighted by molar-refractivity contribution is 0.0674. The highest BCUT2D eigenvalue weighted by molar-refractivity contribution is 5.95. The summed E-state index contributed by atoms with van der Waals surface area (Å²) in [6, 6.07) is 8.00. The van der Waals surface area contributed by atoms with Gasteiger partial charge in [-0.05, 0) is 31.0 Å². The third-order valence-electron chi connectivity index (χ3n) is 3.62. The van der Waals surface area contributed by atoms with Crippen molar-refractivity contribution >= 4 is 11.6 Å². The molecular formula is C16H27N3O. The maximum atomic E-state index is 12.7. The molecule has 1 aromatic rings. The number of nitrogens with two attached hydrogens (primary N) is 1. The maximum Gasteiger partial charge on any atom is 0.254 e. The van der Waals surface area contributed by atoms with Crippen LogP contribution in [0.2, 0.25) is 0 Å². The number of carbonyl (C=O) groups excluding carboxylic acids is 1. The molecule has 1 aromatic carbocycles. The minimum absolute atomic E-state index is 0.0767. The predicted octanol–water partition coefficient (Wildman–Crippen LogP) is 2.34. The van der Waals surface area contributed by atoms with E-state index in [1.807, 2.05) is 48.2 Å². The summed E-state index contributed by atoms with van der Waals surface area (Å²) in [4.78, 5) is 16.6. The molecule has 0 saturated carbocycles. The molecule has 0 spiro atoms. The number of anilines is 1. The fourth-order valence-corrected chi connectivity index (χ4v) is 2.40. The van der Waals surface area contributed by atoms with E-state index in [-0.39, 0.29) is 11.9 Å². The van der Waals surface area contributed by atoms with Crippen LogP contribution < -0.4 is 10.6 Å². The summed E-state index contributed by atoms with van der Waals surface area (Å²) in [5, 5.41) is 0. The molecule has 0 aliphatic rings. The van der Waals surface area contributed by atoms with Gasteiger partial charge in [0.2, 0.25) is 0 Å². The molecule has 0 radical (unpaired) electrons. The molecule has 20 heavy (non-hydrogen) atoms. The first kappa shape index (κ1) is 16.5. The van der Waals surface area contributed by atoms with Gasteiger partial charge in [0, 0.05) is 44.5 Å². The quantitative estimate of drug-likeness (QED) is 0.832. The molecule has 0 unspecified atom stereocenters. The molecule has 0 saturated heterocycles. The molecule has 0 aliphatic heterocycles. The van der Waals surface area contributed by atoms with E-state index < -0.39 is 0 Å². The van der Waals surface area contributed by atoms with Crippen LogP contribution in [0.1, 0.15) is 37.0 Å². The van der Waals surface area contributed by atoms with Gasteiger partial charge in [0.05, 0.1) is 0 Å². The number of hydrogen-bond donors (Lipinski definition) is 1. The van der Waals surface area contributed by atoms with E-state index >= 15 is 0 Å². The summed E-state index contributed by atoms with van der Waals surface area (Å²) in [6.07, 6.45) is 1.91. The first-order chi connectivity index (χ1) is 9.54. The SMILES string of the molecule is CCC(CC)N(CCN)C(=O)c1cccc(N(C)C)c1. The molecule has 0 fully saturated rings. The standard InChI is InChI=1S/C16H27N3O/c1-5-14(6-2)19(11-10-17)16(20)13-8-7-9-15(12-13)18(3)4/h7-9,12,14H,5-6,10-11,17H2,1-4H3. The summed E-state index contributed by atoms with van der Waals surface area (Å²) >= 11 is 0. The van der Waals surface area contributed by atoms with E-state index in [1.165, 1.54) is 0 Å². The Balaban J connectivity index is 3.02. The van der Waals surface area contributed by atoms with Gasteiger partial charge in [0.25, 0.3) is 5.91 Å². The lowest BCUT2D eigenvalue weighted by Crippen LogP contribution is -2.42. The van der Waals surface area contributed by atoms with E-state index in [2.05, 4.69) is 13.8 Å². The minimum Gasteiger partial charge on any atom is -0.378 e. The molecule has 0 aliphatic carbocycles. The number of benzene rings is 1. The highest BCUT2D eigenvalue weighted by Crippen LogP contribution is 2.18. The Kier molecular flexibility index (Phi) is 6.52. The van der Waals surface area contributed by atoms with Crippen molar-refractivity contribution in [3.8, 4) is 0 Å². The molecule has 2 N–H and O–H groups in total. The van der Waals surface area contributed by atoms with Crippen molar-refractivity contribution in [1.29, 1.82) is 0 Å². The fourth-order valence-electron chi connectivity index (χ4n) is 2.40. The number of amides is 1. The average molecular weight is 277 g/mol. The summed E-state index contributed by atoms with van der Waals surface area (Å²) in [7, 11) is 3.95. The Bertz CT molecular complexity index is 427. The molecular weight excluding hydrogens is 250 g/mol. The van der Waals surface area contributed by atoms with Crippen LogP contribution in [0.5, 0.6) is 0 Å². The van der Waals surface area contributed by atoms with Crippen molar-refractivity contribution in [2.75, 3.05) is 32.1 Å². The third-order valence-corrected chi connectivity index (χ3v) is 3.62. The summed E-state index contributed by atoms with van der Waals surface area (Å²) < 4.78 is 0. The van der Waals surface area contributed by atoms with Gasteiger partial charge in [-0.15, -0.1) is 0 Å². The highest BCUT2D eigenvalue weighted by Gasteiger charge is 2.21. The van der Waals surface area contributed by atoms with E-state index in [4.69, 9.17) is 5.73 Å². The minimum atomic E-state index is 0.0767. The zero-order valence-corrected chi connectivity index (χ0v) is 13.1. The Morgan fingerprint density at radius 2 is 1.90 bits per heavy atom. The topological polar surface area (TPSA) is 49.6 Å². The monoisotopic (exact) mass is 277 g/mol. The molecule has 0 aromatic heterocycles. The molecule has 1 amide bonds. The summed E-state index contributed by atoms with van der Waals surface area (Å²) in [6.45, 7) is 5.33. The van der Waals surface area contributed by atoms with Gasteiger partial charge in [0.1, 0.15) is 0 Å². The van der Waals surface area contributed by atoms with Crippen LogP contribution in [0.4, 0.5) is 5.69 Å². The van der Waals surface area contributed by atoms with E-state index in [0.29, 0.717) is 13.1 Å². The van der Waals surface area contributed by atoms with Gasteiger partial charge in [0.15, 0.2) is 0 Å². The van der Waals surface area contributed by atoms with Gasteiger partial charge < -0.3 is 15.5 Å². The second-order valence-electron chi connectivity index (χ2n) is 5.20. The maximum absolute atomic E-state index is 12.7. The van der Waals surface area contributed by atoms with Crippen LogP contribution in [-0.4, -0.2) is 44.0 Å². The van der Waals surface area contributed by atoms with E-state index in [9.17, 15) is 4.79 Å². The van der Waals surface area contributed by atoms with Gasteiger partial charge in [-0.1, -0.05) is 19.9 Å². The first-order valence-electron chi connectivity index (χ1n) is 7.33. The van der Waals surface area contributed by atoms with Gasteiger partial charge in [-0.2, -0.15) is 0 Å². The van der Waals surface area contributed by atoms with Crippen molar-refractivity contribution in [1.82, 2.24) is 4.90 Å². The second-order valence-corrected chi connectivity index (χ2v) is 5.20. The van der Waals surface area contributed by atoms with Crippen molar-refractivity contribution in [2.24, 2.45) is 5.73 Å². The number of rotatable bonds is 7. The van der Waals surface area contributed by atoms with E-state index in [1.54, 1.807) is 0 Å². The molecule has 0 atom stereocenters. The molecule has 112 valence electrons. The molecule has 0 heterocycles. The van der Waals surface area contributed by atoms with Gasteiger partial charge >= 0.3 is 0 Å². The van der Waals surface area contributed by atoms with Gasteiger partial charge in [-0.25, -0.2) is 0 Å². The smallest absolute Gasteiger partial charge is 0.254 e. The molecule has 0 bridgehead atoms. The van der Waals surface area contributed by atoms with Crippen LogP contribution in [0.15, 0.2) is 24.3 Å². The lowest BCUT2D eigenvalue weighted by Gasteiger charge is -2.30. The average Bonchev–Trinajstić information content (AvgIpc) is 2.47. The summed E-state index contributed by atoms with van der Waals surface area (Å²) in [5.41, 5.74) is 7.44. The highest BCUT2D eigenvalue weighted by atomic mass is 16.2. The van der Waals surface area contributed by atoms with Crippen molar-refractivity contribution in [3.63, 3.8) is 0 Å². The number of nitrogens with zero attached hydrogens (tertiary/aromatic N) is 2. The Morgan fingerprint density at radius 3 is 2.40 bits per heavy atom. The number of hydrogen-bond acceptors (Lipinski definition) is 3. The largest absolute Gasteiger partial charge is 0.378 e. The van der Waals surface area contributed by atoms with E-state index in [0.717, 1.165) is 24.1 Å². The third kappa shape index (κ3) is 3.97. The first-order valence-corrected chi connectivity index (χ1v) is 7.33. The second kappa shape index (κ2) is 7.90. The summed E-state index contributed by atoms with van der Waals surface area (Å²) in [5.74, 6) is 0.0767. The Hall–Kier alpha value is -1.55.